The summed E-state index contributed by atoms with van der Waals surface area (Å²) in [5.41, 5.74) is 3.89. The van der Waals surface area contributed by atoms with Gasteiger partial charge in [0.05, 0.1) is 12.8 Å². The van der Waals surface area contributed by atoms with Gasteiger partial charge in [0.15, 0.2) is 0 Å². The van der Waals surface area contributed by atoms with Crippen LogP contribution in [0, 0.1) is 12.8 Å². The lowest BCUT2D eigenvalue weighted by Crippen LogP contribution is -2.10. The Morgan fingerprint density at radius 2 is 1.89 bits per heavy atom. The van der Waals surface area contributed by atoms with E-state index in [9.17, 15) is 0 Å². The van der Waals surface area contributed by atoms with Gasteiger partial charge in [0, 0.05) is 17.0 Å². The topological polar surface area (TPSA) is 39.9 Å². The van der Waals surface area contributed by atoms with E-state index in [1.807, 2.05) is 49.4 Å². The molecule has 0 aliphatic rings. The summed E-state index contributed by atoms with van der Waals surface area (Å²) in [5, 5.41) is 9.49. The number of methoxy groups -OCH3 is 1. The van der Waals surface area contributed by atoms with Crippen LogP contribution in [0.25, 0.3) is 11.3 Å². The van der Waals surface area contributed by atoms with Crippen LogP contribution in [0.5, 0.6) is 5.75 Å². The van der Waals surface area contributed by atoms with Crippen molar-refractivity contribution < 1.29 is 4.74 Å². The highest BCUT2D eigenvalue weighted by Gasteiger charge is 2.18. The first-order valence-corrected chi connectivity index (χ1v) is 9.86. The first-order chi connectivity index (χ1) is 13.4. The second-order valence-electron chi connectivity index (χ2n) is 7.08. The van der Waals surface area contributed by atoms with Gasteiger partial charge in [-0.1, -0.05) is 50.6 Å². The molecule has 3 rings (SSSR count). The van der Waals surface area contributed by atoms with E-state index < -0.39 is 0 Å². The summed E-state index contributed by atoms with van der Waals surface area (Å²) in [6.45, 7) is 10.8. The minimum absolute atomic E-state index is 0.531. The van der Waals surface area contributed by atoms with E-state index in [4.69, 9.17) is 16.3 Å². The van der Waals surface area contributed by atoms with Gasteiger partial charge in [-0.25, -0.2) is 0 Å². The fourth-order valence-electron chi connectivity index (χ4n) is 3.19. The number of halogens is 1. The summed E-state index contributed by atoms with van der Waals surface area (Å²) in [7, 11) is 1.67. The molecule has 28 heavy (non-hydrogen) atoms. The van der Waals surface area contributed by atoms with Gasteiger partial charge < -0.3 is 4.74 Å². The molecule has 146 valence electrons. The van der Waals surface area contributed by atoms with Crippen molar-refractivity contribution in [1.29, 1.82) is 0 Å². The Kier molecular flexibility index (Phi) is 6.20. The summed E-state index contributed by atoms with van der Waals surface area (Å²) < 4.78 is 7.60. The van der Waals surface area contributed by atoms with Crippen molar-refractivity contribution in [3.05, 3.63) is 76.8 Å². The molecule has 0 radical (unpaired) electrons. The zero-order valence-corrected chi connectivity index (χ0v) is 17.6. The molecular formula is C23H26ClN3O. The fourth-order valence-corrected chi connectivity index (χ4v) is 3.32. The third-order valence-corrected chi connectivity index (χ3v) is 5.33. The SMILES string of the molecule is C=C(c1ccc(Cl)cc1)c1cc(OC)ccc1-n1c(C)nnc1CC(C)CC. The standard InChI is InChI=1S/C23H26ClN3O/c1-6-15(2)13-23-26-25-17(4)27(23)22-12-11-20(28-5)14-21(22)16(3)18-7-9-19(24)10-8-18/h7-12,14-15H,3,6,13H2,1-2,4-5H3. The van der Waals surface area contributed by atoms with Gasteiger partial charge in [0.1, 0.15) is 17.4 Å². The van der Waals surface area contributed by atoms with Crippen LogP contribution in [-0.4, -0.2) is 21.9 Å². The smallest absolute Gasteiger partial charge is 0.137 e. The van der Waals surface area contributed by atoms with Crippen LogP contribution in [0.15, 0.2) is 49.0 Å². The van der Waals surface area contributed by atoms with Crippen molar-refractivity contribution >= 4 is 17.2 Å². The Morgan fingerprint density at radius 1 is 1.18 bits per heavy atom. The maximum Gasteiger partial charge on any atom is 0.137 e. The molecule has 0 amide bonds. The normalized spacial score (nSPS) is 12.0. The molecule has 1 heterocycles. The lowest BCUT2D eigenvalue weighted by atomic mass is 9.97. The lowest BCUT2D eigenvalue weighted by molar-refractivity contribution is 0.414. The van der Waals surface area contributed by atoms with Gasteiger partial charge in [-0.05, 0) is 54.3 Å². The van der Waals surface area contributed by atoms with Crippen molar-refractivity contribution in [2.45, 2.75) is 33.6 Å². The van der Waals surface area contributed by atoms with Crippen LogP contribution in [-0.2, 0) is 6.42 Å². The highest BCUT2D eigenvalue weighted by molar-refractivity contribution is 6.30. The Hall–Kier alpha value is -2.59. The van der Waals surface area contributed by atoms with Crippen LogP contribution >= 0.6 is 11.6 Å². The van der Waals surface area contributed by atoms with Crippen LogP contribution in [0.1, 0.15) is 43.0 Å². The molecule has 0 saturated carbocycles. The van der Waals surface area contributed by atoms with E-state index in [1.54, 1.807) is 7.11 Å². The molecule has 3 aromatic rings. The molecule has 0 aliphatic heterocycles. The minimum atomic E-state index is 0.531. The minimum Gasteiger partial charge on any atom is -0.497 e. The van der Waals surface area contributed by atoms with E-state index in [0.717, 1.165) is 52.6 Å². The first kappa shape index (κ1) is 20.2. The molecule has 1 aromatic heterocycles. The quantitative estimate of drug-likeness (QED) is 0.500. The fraction of sp³-hybridized carbons (Fsp3) is 0.304. The van der Waals surface area contributed by atoms with Crippen molar-refractivity contribution in [3.63, 3.8) is 0 Å². The largest absolute Gasteiger partial charge is 0.497 e. The number of benzene rings is 2. The monoisotopic (exact) mass is 395 g/mol. The van der Waals surface area contributed by atoms with E-state index in [2.05, 4.69) is 35.2 Å². The molecule has 0 spiro atoms. The Morgan fingerprint density at radius 3 is 2.54 bits per heavy atom. The number of hydrogen-bond donors (Lipinski definition) is 0. The molecule has 5 heteroatoms. The highest BCUT2D eigenvalue weighted by atomic mass is 35.5. The van der Waals surface area contributed by atoms with E-state index in [0.29, 0.717) is 10.9 Å². The van der Waals surface area contributed by atoms with Crippen molar-refractivity contribution in [3.8, 4) is 11.4 Å². The summed E-state index contributed by atoms with van der Waals surface area (Å²) >= 11 is 6.06. The maximum atomic E-state index is 6.06. The number of nitrogens with zero attached hydrogens (tertiary/aromatic N) is 3. The third kappa shape index (κ3) is 4.12. The lowest BCUT2D eigenvalue weighted by Gasteiger charge is -2.18. The predicted molar refractivity (Wildman–Crippen MR) is 115 cm³/mol. The Labute approximate surface area is 171 Å². The van der Waals surface area contributed by atoms with Gasteiger partial charge in [0.25, 0.3) is 0 Å². The van der Waals surface area contributed by atoms with Gasteiger partial charge in [-0.15, -0.1) is 10.2 Å². The molecule has 0 fully saturated rings. The Bertz CT molecular complexity index is 976. The molecule has 0 N–H and O–H groups in total. The molecular weight excluding hydrogens is 370 g/mol. The Balaban J connectivity index is 2.14. The summed E-state index contributed by atoms with van der Waals surface area (Å²) in [4.78, 5) is 0. The van der Waals surface area contributed by atoms with E-state index >= 15 is 0 Å². The summed E-state index contributed by atoms with van der Waals surface area (Å²) in [5.74, 6) is 3.13. The molecule has 1 atom stereocenters. The molecule has 0 saturated heterocycles. The average molecular weight is 396 g/mol. The maximum absolute atomic E-state index is 6.06. The molecule has 2 aromatic carbocycles. The summed E-state index contributed by atoms with van der Waals surface area (Å²) in [6, 6.07) is 13.7. The summed E-state index contributed by atoms with van der Waals surface area (Å²) in [6.07, 6.45) is 1.97. The van der Waals surface area contributed by atoms with E-state index in [-0.39, 0.29) is 0 Å². The highest BCUT2D eigenvalue weighted by Crippen LogP contribution is 2.32. The van der Waals surface area contributed by atoms with Gasteiger partial charge in [0.2, 0.25) is 0 Å². The molecule has 1 unspecified atom stereocenters. The van der Waals surface area contributed by atoms with Gasteiger partial charge in [-0.2, -0.15) is 0 Å². The average Bonchev–Trinajstić information content (AvgIpc) is 3.07. The zero-order chi connectivity index (χ0) is 20.3. The van der Waals surface area contributed by atoms with Crippen molar-refractivity contribution in [1.82, 2.24) is 14.8 Å². The van der Waals surface area contributed by atoms with Gasteiger partial charge in [-0.3, -0.25) is 4.57 Å². The number of ether oxygens (including phenoxy) is 1. The van der Waals surface area contributed by atoms with Crippen molar-refractivity contribution in [2.75, 3.05) is 7.11 Å². The van der Waals surface area contributed by atoms with Crippen LogP contribution in [0.3, 0.4) is 0 Å². The molecule has 0 bridgehead atoms. The van der Waals surface area contributed by atoms with Crippen LogP contribution in [0.2, 0.25) is 5.02 Å². The molecule has 0 aliphatic carbocycles. The second kappa shape index (κ2) is 8.61. The zero-order valence-electron chi connectivity index (χ0n) is 16.9. The number of rotatable bonds is 7. The van der Waals surface area contributed by atoms with Crippen LogP contribution < -0.4 is 4.74 Å². The second-order valence-corrected chi connectivity index (χ2v) is 7.52. The third-order valence-electron chi connectivity index (χ3n) is 5.08. The first-order valence-electron chi connectivity index (χ1n) is 9.49. The number of hydrogen-bond acceptors (Lipinski definition) is 3. The van der Waals surface area contributed by atoms with Crippen LogP contribution in [0.4, 0.5) is 0 Å². The van der Waals surface area contributed by atoms with Crippen molar-refractivity contribution in [2.24, 2.45) is 5.92 Å². The number of aryl methyl sites for hydroxylation is 1. The van der Waals surface area contributed by atoms with E-state index in [1.165, 1.54) is 0 Å². The predicted octanol–water partition coefficient (Wildman–Crippen LogP) is 5.89. The number of aromatic nitrogens is 3. The van der Waals surface area contributed by atoms with Gasteiger partial charge >= 0.3 is 0 Å². The molecule has 4 nitrogen and oxygen atoms in total.